The summed E-state index contributed by atoms with van der Waals surface area (Å²) < 4.78 is 2.51. The molecule has 1 aromatic heterocycles. The highest BCUT2D eigenvalue weighted by molar-refractivity contribution is 5.78. The Balaban J connectivity index is 2.00. The van der Waals surface area contributed by atoms with Gasteiger partial charge in [-0.15, -0.1) is 0 Å². The summed E-state index contributed by atoms with van der Waals surface area (Å²) in [5.74, 6) is 2.70. The van der Waals surface area contributed by atoms with Crippen molar-refractivity contribution in [2.24, 2.45) is 11.8 Å². The third-order valence-corrected chi connectivity index (χ3v) is 4.93. The maximum atomic E-state index is 4.97. The minimum Gasteiger partial charge on any atom is -0.328 e. The van der Waals surface area contributed by atoms with Crippen molar-refractivity contribution in [2.75, 3.05) is 13.1 Å². The van der Waals surface area contributed by atoms with Crippen LogP contribution in [0, 0.1) is 25.7 Å². The van der Waals surface area contributed by atoms with Crippen molar-refractivity contribution in [2.45, 2.75) is 53.5 Å². The van der Waals surface area contributed by atoms with Crippen molar-refractivity contribution < 1.29 is 0 Å². The predicted molar refractivity (Wildman–Crippen MR) is 93.3 cm³/mol. The number of fused-ring (bicyclic) bond motifs is 1. The van der Waals surface area contributed by atoms with Crippen molar-refractivity contribution in [1.82, 2.24) is 14.9 Å². The van der Waals surface area contributed by atoms with Crippen LogP contribution in [0.2, 0.25) is 0 Å². The standard InChI is InChI=1S/C19H29N3/c1-13(2)9-19-21-17-10-14(3)15(4)11-18(17)22(19)12-16-5-7-20-8-6-16/h10-11,13,16,20H,5-9,12H2,1-4H3. The van der Waals surface area contributed by atoms with Gasteiger partial charge in [-0.25, -0.2) is 4.98 Å². The number of aromatic nitrogens is 2. The van der Waals surface area contributed by atoms with E-state index < -0.39 is 0 Å². The first kappa shape index (κ1) is 15.5. The molecule has 1 aliphatic heterocycles. The summed E-state index contributed by atoms with van der Waals surface area (Å²) in [5.41, 5.74) is 5.22. The molecule has 2 aromatic rings. The van der Waals surface area contributed by atoms with Gasteiger partial charge in [0.05, 0.1) is 11.0 Å². The van der Waals surface area contributed by atoms with Gasteiger partial charge in [-0.2, -0.15) is 0 Å². The third kappa shape index (κ3) is 3.19. The molecule has 1 fully saturated rings. The first-order chi connectivity index (χ1) is 10.5. The lowest BCUT2D eigenvalue weighted by Gasteiger charge is -2.24. The van der Waals surface area contributed by atoms with E-state index in [1.54, 1.807) is 0 Å². The Morgan fingerprint density at radius 2 is 1.86 bits per heavy atom. The van der Waals surface area contributed by atoms with Gasteiger partial charge in [0.1, 0.15) is 5.82 Å². The second-order valence-electron chi connectivity index (χ2n) is 7.36. The Morgan fingerprint density at radius 1 is 1.18 bits per heavy atom. The quantitative estimate of drug-likeness (QED) is 0.929. The van der Waals surface area contributed by atoms with Crippen LogP contribution in [0.5, 0.6) is 0 Å². The number of hydrogen-bond acceptors (Lipinski definition) is 2. The minimum absolute atomic E-state index is 0.644. The Bertz CT molecular complexity index is 648. The van der Waals surface area contributed by atoms with Crippen LogP contribution in [0.3, 0.4) is 0 Å². The molecule has 0 aliphatic carbocycles. The van der Waals surface area contributed by atoms with Gasteiger partial charge in [0.25, 0.3) is 0 Å². The number of aryl methyl sites for hydroxylation is 2. The summed E-state index contributed by atoms with van der Waals surface area (Å²) in [6.07, 6.45) is 3.63. The second kappa shape index (κ2) is 6.41. The minimum atomic E-state index is 0.644. The zero-order valence-electron chi connectivity index (χ0n) is 14.4. The number of benzene rings is 1. The predicted octanol–water partition coefficient (Wildman–Crippen LogP) is 3.85. The number of hydrogen-bond donors (Lipinski definition) is 1. The molecular weight excluding hydrogens is 270 g/mol. The molecule has 0 saturated carbocycles. The number of imidazole rings is 1. The van der Waals surface area contributed by atoms with E-state index in [-0.39, 0.29) is 0 Å². The molecule has 3 heteroatoms. The molecule has 120 valence electrons. The largest absolute Gasteiger partial charge is 0.328 e. The first-order valence-electron chi connectivity index (χ1n) is 8.71. The van der Waals surface area contributed by atoms with Crippen molar-refractivity contribution in [3.8, 4) is 0 Å². The lowest BCUT2D eigenvalue weighted by atomic mass is 9.97. The van der Waals surface area contributed by atoms with E-state index in [9.17, 15) is 0 Å². The van der Waals surface area contributed by atoms with E-state index in [4.69, 9.17) is 4.98 Å². The maximum absolute atomic E-state index is 4.97. The molecular formula is C19H29N3. The second-order valence-corrected chi connectivity index (χ2v) is 7.36. The van der Waals surface area contributed by atoms with Crippen molar-refractivity contribution in [3.63, 3.8) is 0 Å². The van der Waals surface area contributed by atoms with Crippen LogP contribution in [0.1, 0.15) is 43.6 Å². The monoisotopic (exact) mass is 299 g/mol. The summed E-state index contributed by atoms with van der Waals surface area (Å²) in [5, 5.41) is 3.47. The first-order valence-corrected chi connectivity index (χ1v) is 8.71. The van der Waals surface area contributed by atoms with Gasteiger partial charge in [-0.1, -0.05) is 13.8 Å². The SMILES string of the molecule is Cc1cc2nc(CC(C)C)n(CC3CCNCC3)c2cc1C. The average Bonchev–Trinajstić information content (AvgIpc) is 2.77. The van der Waals surface area contributed by atoms with Crippen LogP contribution >= 0.6 is 0 Å². The molecule has 3 rings (SSSR count). The molecule has 0 bridgehead atoms. The van der Waals surface area contributed by atoms with Gasteiger partial charge in [0, 0.05) is 13.0 Å². The highest BCUT2D eigenvalue weighted by Gasteiger charge is 2.19. The fourth-order valence-electron chi connectivity index (χ4n) is 3.48. The van der Waals surface area contributed by atoms with E-state index >= 15 is 0 Å². The molecule has 22 heavy (non-hydrogen) atoms. The molecule has 1 aromatic carbocycles. The van der Waals surface area contributed by atoms with Crippen molar-refractivity contribution >= 4 is 11.0 Å². The topological polar surface area (TPSA) is 29.9 Å². The molecule has 0 unspecified atom stereocenters. The van der Waals surface area contributed by atoms with Gasteiger partial charge in [0.2, 0.25) is 0 Å². The van der Waals surface area contributed by atoms with Gasteiger partial charge < -0.3 is 9.88 Å². The van der Waals surface area contributed by atoms with Crippen LogP contribution < -0.4 is 5.32 Å². The number of rotatable bonds is 4. The smallest absolute Gasteiger partial charge is 0.110 e. The Kier molecular flexibility index (Phi) is 4.53. The summed E-state index contributed by atoms with van der Waals surface area (Å²) >= 11 is 0. The van der Waals surface area contributed by atoms with Crippen LogP contribution in [-0.4, -0.2) is 22.6 Å². The molecule has 2 heterocycles. The summed E-state index contributed by atoms with van der Waals surface area (Å²) in [6, 6.07) is 4.59. The van der Waals surface area contributed by atoms with Crippen LogP contribution in [0.4, 0.5) is 0 Å². The zero-order valence-corrected chi connectivity index (χ0v) is 14.4. The van der Waals surface area contributed by atoms with Gasteiger partial charge in [-0.3, -0.25) is 0 Å². The number of nitrogens with one attached hydrogen (secondary N) is 1. The van der Waals surface area contributed by atoms with Gasteiger partial charge >= 0.3 is 0 Å². The van der Waals surface area contributed by atoms with E-state index in [0.717, 1.165) is 32.0 Å². The zero-order chi connectivity index (χ0) is 15.7. The van der Waals surface area contributed by atoms with E-state index in [1.807, 2.05) is 0 Å². The Morgan fingerprint density at radius 3 is 2.55 bits per heavy atom. The highest BCUT2D eigenvalue weighted by Crippen LogP contribution is 2.25. The van der Waals surface area contributed by atoms with Crippen LogP contribution in [0.15, 0.2) is 12.1 Å². The molecule has 1 aliphatic rings. The lowest BCUT2D eigenvalue weighted by Crippen LogP contribution is -2.30. The summed E-state index contributed by atoms with van der Waals surface area (Å²) in [4.78, 5) is 4.97. The van der Waals surface area contributed by atoms with E-state index in [2.05, 4.69) is 49.7 Å². The fourth-order valence-corrected chi connectivity index (χ4v) is 3.48. The summed E-state index contributed by atoms with van der Waals surface area (Å²) in [7, 11) is 0. The highest BCUT2D eigenvalue weighted by atomic mass is 15.1. The van der Waals surface area contributed by atoms with E-state index in [0.29, 0.717) is 5.92 Å². The van der Waals surface area contributed by atoms with Crippen LogP contribution in [0.25, 0.3) is 11.0 Å². The molecule has 0 radical (unpaired) electrons. The Labute approximate surface area is 134 Å². The molecule has 1 saturated heterocycles. The third-order valence-electron chi connectivity index (χ3n) is 4.93. The van der Waals surface area contributed by atoms with E-state index in [1.165, 1.54) is 40.8 Å². The molecule has 1 N–H and O–H groups in total. The average molecular weight is 299 g/mol. The van der Waals surface area contributed by atoms with Crippen molar-refractivity contribution in [3.05, 3.63) is 29.1 Å². The molecule has 3 nitrogen and oxygen atoms in total. The van der Waals surface area contributed by atoms with Gasteiger partial charge in [-0.05, 0) is 74.9 Å². The Hall–Kier alpha value is -1.35. The fraction of sp³-hybridized carbons (Fsp3) is 0.632. The summed E-state index contributed by atoms with van der Waals surface area (Å²) in [6.45, 7) is 12.4. The normalized spacial score (nSPS) is 16.8. The number of nitrogens with zero attached hydrogens (tertiary/aromatic N) is 2. The molecule has 0 atom stereocenters. The molecule has 0 spiro atoms. The molecule has 0 amide bonds. The lowest BCUT2D eigenvalue weighted by molar-refractivity contribution is 0.331. The number of piperidine rings is 1. The van der Waals surface area contributed by atoms with Crippen LogP contribution in [-0.2, 0) is 13.0 Å². The van der Waals surface area contributed by atoms with Gasteiger partial charge in [0.15, 0.2) is 0 Å². The van der Waals surface area contributed by atoms with Crippen molar-refractivity contribution in [1.29, 1.82) is 0 Å². The maximum Gasteiger partial charge on any atom is 0.110 e.